The van der Waals surface area contributed by atoms with Crippen molar-refractivity contribution in [3.8, 4) is 17.5 Å². The van der Waals surface area contributed by atoms with Gasteiger partial charge in [0.1, 0.15) is 17.4 Å². The van der Waals surface area contributed by atoms with Crippen molar-refractivity contribution in [3.63, 3.8) is 0 Å². The van der Waals surface area contributed by atoms with Crippen molar-refractivity contribution < 1.29 is 8.94 Å². The molecule has 2 heterocycles. The van der Waals surface area contributed by atoms with Crippen molar-refractivity contribution in [2.24, 2.45) is 0 Å². The molecule has 0 aliphatic heterocycles. The van der Waals surface area contributed by atoms with E-state index in [4.69, 9.17) is 8.94 Å². The number of hydrogen-bond donors (Lipinski definition) is 0. The van der Waals surface area contributed by atoms with Crippen LogP contribution < -0.4 is 0 Å². The third-order valence-corrected chi connectivity index (χ3v) is 2.92. The first-order chi connectivity index (χ1) is 10.3. The Hall–Kier alpha value is -3.13. The minimum atomic E-state index is 0.171. The van der Waals surface area contributed by atoms with Gasteiger partial charge in [0, 0.05) is 11.6 Å². The molecular weight excluding hydrogens is 266 g/mol. The van der Waals surface area contributed by atoms with Gasteiger partial charge in [-0.1, -0.05) is 35.0 Å². The molecule has 0 aliphatic carbocycles. The molecule has 5 heteroatoms. The smallest absolute Gasteiger partial charge is 0.269 e. The van der Waals surface area contributed by atoms with E-state index in [0.717, 1.165) is 11.1 Å². The van der Waals surface area contributed by atoms with Crippen molar-refractivity contribution in [1.29, 1.82) is 5.26 Å². The van der Waals surface area contributed by atoms with E-state index in [1.54, 1.807) is 18.2 Å². The van der Waals surface area contributed by atoms with Crippen molar-refractivity contribution in [1.82, 2.24) is 10.1 Å². The number of benzene rings is 1. The monoisotopic (exact) mass is 277 g/mol. The van der Waals surface area contributed by atoms with Crippen LogP contribution in [-0.2, 0) is 0 Å². The minimum Gasteiger partial charge on any atom is -0.465 e. The normalized spacial score (nSPS) is 11.3. The minimum absolute atomic E-state index is 0.171. The van der Waals surface area contributed by atoms with Gasteiger partial charge in [0.05, 0.1) is 6.26 Å². The predicted molar refractivity (Wildman–Crippen MR) is 76.7 cm³/mol. The summed E-state index contributed by atoms with van der Waals surface area (Å²) >= 11 is 0. The van der Waals surface area contributed by atoms with Crippen LogP contribution >= 0.6 is 0 Å². The molecule has 3 aromatic rings. The van der Waals surface area contributed by atoms with Crippen molar-refractivity contribution >= 4 is 11.6 Å². The zero-order chi connectivity index (χ0) is 14.7. The van der Waals surface area contributed by atoms with E-state index in [-0.39, 0.29) is 11.5 Å². The van der Waals surface area contributed by atoms with Crippen LogP contribution in [-0.4, -0.2) is 10.1 Å². The predicted octanol–water partition coefficient (Wildman–Crippen LogP) is 3.70. The standard InChI is InChI=1S/C16H11N3O2/c1-11-4-6-12(7-5-11)15-18-16(21-19-15)13(10-17)9-14-3-2-8-20-14/h2-9H,1H3. The van der Waals surface area contributed by atoms with Gasteiger partial charge in [-0.15, -0.1) is 0 Å². The second-order valence-corrected chi connectivity index (χ2v) is 4.47. The average molecular weight is 277 g/mol. The number of furan rings is 1. The van der Waals surface area contributed by atoms with Crippen LogP contribution in [0.4, 0.5) is 0 Å². The molecule has 0 bridgehead atoms. The summed E-state index contributed by atoms with van der Waals surface area (Å²) in [7, 11) is 0. The highest BCUT2D eigenvalue weighted by Gasteiger charge is 2.13. The lowest BCUT2D eigenvalue weighted by Gasteiger charge is -1.94. The highest BCUT2D eigenvalue weighted by molar-refractivity contribution is 5.85. The van der Waals surface area contributed by atoms with Gasteiger partial charge >= 0.3 is 0 Å². The zero-order valence-corrected chi connectivity index (χ0v) is 11.3. The fourth-order valence-corrected chi connectivity index (χ4v) is 1.81. The Morgan fingerprint density at radius 3 is 2.71 bits per heavy atom. The molecule has 0 aliphatic rings. The molecule has 0 saturated carbocycles. The highest BCUT2D eigenvalue weighted by atomic mass is 16.5. The van der Waals surface area contributed by atoms with Gasteiger partial charge in [-0.2, -0.15) is 10.2 Å². The molecular formula is C16H11N3O2. The number of hydrogen-bond acceptors (Lipinski definition) is 5. The summed E-state index contributed by atoms with van der Waals surface area (Å²) in [5, 5.41) is 13.1. The van der Waals surface area contributed by atoms with Gasteiger partial charge in [-0.25, -0.2) is 0 Å². The Kier molecular flexibility index (Phi) is 3.36. The van der Waals surface area contributed by atoms with Crippen LogP contribution in [0.15, 0.2) is 51.6 Å². The third kappa shape index (κ3) is 2.74. The third-order valence-electron chi connectivity index (χ3n) is 2.92. The highest BCUT2D eigenvalue weighted by Crippen LogP contribution is 2.21. The van der Waals surface area contributed by atoms with Crippen LogP contribution in [0.3, 0.4) is 0 Å². The van der Waals surface area contributed by atoms with E-state index in [1.165, 1.54) is 6.26 Å². The lowest BCUT2D eigenvalue weighted by atomic mass is 10.1. The Morgan fingerprint density at radius 2 is 2.05 bits per heavy atom. The van der Waals surface area contributed by atoms with Gasteiger partial charge in [0.2, 0.25) is 5.82 Å². The summed E-state index contributed by atoms with van der Waals surface area (Å²) in [6, 6.07) is 13.3. The van der Waals surface area contributed by atoms with Crippen LogP contribution in [0.25, 0.3) is 23.0 Å². The number of rotatable bonds is 3. The molecule has 0 fully saturated rings. The maximum atomic E-state index is 9.21. The fraction of sp³-hybridized carbons (Fsp3) is 0.0625. The first kappa shape index (κ1) is 12.9. The molecule has 0 atom stereocenters. The van der Waals surface area contributed by atoms with Crippen LogP contribution in [0.1, 0.15) is 17.2 Å². The summed E-state index contributed by atoms with van der Waals surface area (Å²) in [6.07, 6.45) is 3.10. The second kappa shape index (κ2) is 5.47. The molecule has 5 nitrogen and oxygen atoms in total. The maximum Gasteiger partial charge on any atom is 0.269 e. The summed E-state index contributed by atoms with van der Waals surface area (Å²) in [6.45, 7) is 2.01. The summed E-state index contributed by atoms with van der Waals surface area (Å²) in [5.41, 5.74) is 2.25. The average Bonchev–Trinajstić information content (AvgIpc) is 3.17. The van der Waals surface area contributed by atoms with E-state index in [0.29, 0.717) is 11.6 Å². The molecule has 0 amide bonds. The Balaban J connectivity index is 1.94. The first-order valence-electron chi connectivity index (χ1n) is 6.33. The second-order valence-electron chi connectivity index (χ2n) is 4.47. The van der Waals surface area contributed by atoms with Gasteiger partial charge in [-0.05, 0) is 19.1 Å². The molecule has 21 heavy (non-hydrogen) atoms. The number of nitriles is 1. The van der Waals surface area contributed by atoms with Crippen LogP contribution in [0, 0.1) is 18.3 Å². The van der Waals surface area contributed by atoms with E-state index < -0.39 is 0 Å². The molecule has 0 saturated heterocycles. The number of aromatic nitrogens is 2. The number of aryl methyl sites for hydroxylation is 1. The number of allylic oxidation sites excluding steroid dienone is 1. The summed E-state index contributed by atoms with van der Waals surface area (Å²) in [5.74, 6) is 1.18. The molecule has 1 aromatic carbocycles. The molecule has 0 N–H and O–H groups in total. The van der Waals surface area contributed by atoms with Gasteiger partial charge < -0.3 is 8.94 Å². The lowest BCUT2D eigenvalue weighted by molar-refractivity contribution is 0.409. The van der Waals surface area contributed by atoms with E-state index >= 15 is 0 Å². The zero-order valence-electron chi connectivity index (χ0n) is 11.3. The number of nitrogens with zero attached hydrogens (tertiary/aromatic N) is 3. The first-order valence-corrected chi connectivity index (χ1v) is 6.33. The van der Waals surface area contributed by atoms with E-state index in [9.17, 15) is 5.26 Å². The van der Waals surface area contributed by atoms with Gasteiger partial charge in [0.15, 0.2) is 0 Å². The Bertz CT molecular complexity index is 806. The topological polar surface area (TPSA) is 75.8 Å². The Morgan fingerprint density at radius 1 is 1.24 bits per heavy atom. The molecule has 0 unspecified atom stereocenters. The SMILES string of the molecule is Cc1ccc(-c2noc(C(C#N)=Cc3ccco3)n2)cc1. The quantitative estimate of drug-likeness (QED) is 0.682. The lowest BCUT2D eigenvalue weighted by Crippen LogP contribution is -1.83. The molecule has 3 rings (SSSR count). The van der Waals surface area contributed by atoms with Crippen molar-refractivity contribution in [2.75, 3.05) is 0 Å². The van der Waals surface area contributed by atoms with Crippen molar-refractivity contribution in [3.05, 3.63) is 59.9 Å². The Labute approximate surface area is 121 Å². The summed E-state index contributed by atoms with van der Waals surface area (Å²) in [4.78, 5) is 4.25. The molecule has 102 valence electrons. The molecule has 0 radical (unpaired) electrons. The van der Waals surface area contributed by atoms with E-state index in [2.05, 4.69) is 10.1 Å². The van der Waals surface area contributed by atoms with E-state index in [1.807, 2.05) is 37.3 Å². The summed E-state index contributed by atoms with van der Waals surface area (Å²) < 4.78 is 10.3. The van der Waals surface area contributed by atoms with Crippen LogP contribution in [0.5, 0.6) is 0 Å². The largest absolute Gasteiger partial charge is 0.465 e. The van der Waals surface area contributed by atoms with Crippen molar-refractivity contribution in [2.45, 2.75) is 6.92 Å². The van der Waals surface area contributed by atoms with Crippen LogP contribution in [0.2, 0.25) is 0 Å². The maximum absolute atomic E-state index is 9.21. The molecule has 0 spiro atoms. The molecule has 2 aromatic heterocycles. The van der Waals surface area contributed by atoms with Gasteiger partial charge in [0.25, 0.3) is 5.89 Å². The fourth-order valence-electron chi connectivity index (χ4n) is 1.81. The van der Waals surface area contributed by atoms with Gasteiger partial charge in [-0.3, -0.25) is 0 Å².